The van der Waals surface area contributed by atoms with Gasteiger partial charge >= 0.3 is 0 Å². The zero-order chi connectivity index (χ0) is 14.2. The van der Waals surface area contributed by atoms with Gasteiger partial charge in [-0.25, -0.2) is 4.39 Å². The predicted octanol–water partition coefficient (Wildman–Crippen LogP) is 3.46. The summed E-state index contributed by atoms with van der Waals surface area (Å²) in [5.74, 6) is 0.595. The highest BCUT2D eigenvalue weighted by atomic mass is 19.1. The van der Waals surface area contributed by atoms with Gasteiger partial charge in [0, 0.05) is 24.9 Å². The SMILES string of the molecule is COCCOc1ccc(NCc2ccccc2F)cc1. The van der Waals surface area contributed by atoms with Gasteiger partial charge in [0.1, 0.15) is 18.2 Å². The van der Waals surface area contributed by atoms with E-state index < -0.39 is 0 Å². The van der Waals surface area contributed by atoms with Gasteiger partial charge in [-0.05, 0) is 30.3 Å². The Bertz CT molecular complexity index is 528. The number of anilines is 1. The van der Waals surface area contributed by atoms with Crippen molar-refractivity contribution in [3.8, 4) is 5.75 Å². The molecule has 0 saturated carbocycles. The van der Waals surface area contributed by atoms with Crippen LogP contribution in [-0.2, 0) is 11.3 Å². The molecule has 0 fully saturated rings. The molecule has 20 heavy (non-hydrogen) atoms. The lowest BCUT2D eigenvalue weighted by Crippen LogP contribution is -2.04. The van der Waals surface area contributed by atoms with E-state index in [1.165, 1.54) is 6.07 Å². The second kappa shape index (κ2) is 7.50. The van der Waals surface area contributed by atoms with Crippen LogP contribution in [0, 0.1) is 5.82 Å². The molecule has 0 saturated heterocycles. The van der Waals surface area contributed by atoms with Crippen molar-refractivity contribution >= 4 is 5.69 Å². The Labute approximate surface area is 118 Å². The summed E-state index contributed by atoms with van der Waals surface area (Å²) >= 11 is 0. The molecule has 0 amide bonds. The van der Waals surface area contributed by atoms with Crippen molar-refractivity contribution in [1.82, 2.24) is 0 Å². The second-order valence-electron chi connectivity index (χ2n) is 4.31. The summed E-state index contributed by atoms with van der Waals surface area (Å²) in [7, 11) is 1.64. The molecule has 0 unspecified atom stereocenters. The van der Waals surface area contributed by atoms with E-state index in [1.54, 1.807) is 19.2 Å². The molecular weight excluding hydrogens is 257 g/mol. The van der Waals surface area contributed by atoms with Crippen LogP contribution in [0.25, 0.3) is 0 Å². The first-order valence-electron chi connectivity index (χ1n) is 6.48. The average molecular weight is 275 g/mol. The lowest BCUT2D eigenvalue weighted by atomic mass is 10.2. The lowest BCUT2D eigenvalue weighted by Gasteiger charge is -2.09. The maximum Gasteiger partial charge on any atom is 0.128 e. The van der Waals surface area contributed by atoms with Crippen LogP contribution in [0.1, 0.15) is 5.56 Å². The van der Waals surface area contributed by atoms with Gasteiger partial charge in [0.15, 0.2) is 0 Å². The Hall–Kier alpha value is -2.07. The highest BCUT2D eigenvalue weighted by Crippen LogP contribution is 2.17. The first-order chi connectivity index (χ1) is 9.79. The molecule has 2 aromatic carbocycles. The Balaban J connectivity index is 1.86. The van der Waals surface area contributed by atoms with E-state index in [1.807, 2.05) is 30.3 Å². The van der Waals surface area contributed by atoms with Crippen molar-refractivity contribution in [3.05, 3.63) is 59.9 Å². The Morgan fingerprint density at radius 1 is 1.00 bits per heavy atom. The summed E-state index contributed by atoms with van der Waals surface area (Å²) in [6, 6.07) is 14.3. The van der Waals surface area contributed by atoms with Crippen molar-refractivity contribution < 1.29 is 13.9 Å². The number of nitrogens with one attached hydrogen (secondary N) is 1. The molecule has 0 aliphatic rings. The number of halogens is 1. The van der Waals surface area contributed by atoms with Gasteiger partial charge in [-0.15, -0.1) is 0 Å². The van der Waals surface area contributed by atoms with E-state index in [4.69, 9.17) is 9.47 Å². The number of ether oxygens (including phenoxy) is 2. The molecule has 1 N–H and O–H groups in total. The van der Waals surface area contributed by atoms with E-state index in [0.717, 1.165) is 11.4 Å². The number of rotatable bonds is 7. The minimum Gasteiger partial charge on any atom is -0.491 e. The Kier molecular flexibility index (Phi) is 5.38. The highest BCUT2D eigenvalue weighted by molar-refractivity contribution is 5.46. The van der Waals surface area contributed by atoms with Crippen LogP contribution in [0.15, 0.2) is 48.5 Å². The number of methoxy groups -OCH3 is 1. The summed E-state index contributed by atoms with van der Waals surface area (Å²) in [5.41, 5.74) is 1.57. The van der Waals surface area contributed by atoms with E-state index in [0.29, 0.717) is 25.3 Å². The first-order valence-corrected chi connectivity index (χ1v) is 6.48. The van der Waals surface area contributed by atoms with Crippen LogP contribution in [0.4, 0.5) is 10.1 Å². The van der Waals surface area contributed by atoms with E-state index >= 15 is 0 Å². The van der Waals surface area contributed by atoms with Crippen LogP contribution in [0.2, 0.25) is 0 Å². The van der Waals surface area contributed by atoms with Crippen LogP contribution >= 0.6 is 0 Å². The fourth-order valence-corrected chi connectivity index (χ4v) is 1.75. The van der Waals surface area contributed by atoms with Gasteiger partial charge in [0.2, 0.25) is 0 Å². The van der Waals surface area contributed by atoms with Crippen LogP contribution in [0.3, 0.4) is 0 Å². The van der Waals surface area contributed by atoms with Crippen molar-refractivity contribution in [1.29, 1.82) is 0 Å². The third-order valence-electron chi connectivity index (χ3n) is 2.85. The van der Waals surface area contributed by atoms with E-state index in [2.05, 4.69) is 5.32 Å². The van der Waals surface area contributed by atoms with Crippen molar-refractivity contribution in [2.24, 2.45) is 0 Å². The fourth-order valence-electron chi connectivity index (χ4n) is 1.75. The number of benzene rings is 2. The molecule has 0 spiro atoms. The normalized spacial score (nSPS) is 10.3. The van der Waals surface area contributed by atoms with Gasteiger partial charge in [-0.1, -0.05) is 18.2 Å². The summed E-state index contributed by atoms with van der Waals surface area (Å²) in [6.45, 7) is 1.54. The fraction of sp³-hybridized carbons (Fsp3) is 0.250. The molecule has 4 heteroatoms. The van der Waals surface area contributed by atoms with E-state index in [-0.39, 0.29) is 5.82 Å². The Morgan fingerprint density at radius 3 is 2.45 bits per heavy atom. The lowest BCUT2D eigenvalue weighted by molar-refractivity contribution is 0.146. The monoisotopic (exact) mass is 275 g/mol. The van der Waals surface area contributed by atoms with Crippen LogP contribution in [-0.4, -0.2) is 20.3 Å². The van der Waals surface area contributed by atoms with Crippen molar-refractivity contribution in [2.75, 3.05) is 25.6 Å². The van der Waals surface area contributed by atoms with E-state index in [9.17, 15) is 4.39 Å². The van der Waals surface area contributed by atoms with Crippen molar-refractivity contribution in [2.45, 2.75) is 6.54 Å². The topological polar surface area (TPSA) is 30.5 Å². The highest BCUT2D eigenvalue weighted by Gasteiger charge is 2.00. The molecule has 0 aromatic heterocycles. The summed E-state index contributed by atoms with van der Waals surface area (Å²) in [5, 5.41) is 3.18. The van der Waals surface area contributed by atoms with Crippen molar-refractivity contribution in [3.63, 3.8) is 0 Å². The molecule has 0 aliphatic heterocycles. The quantitative estimate of drug-likeness (QED) is 0.785. The Morgan fingerprint density at radius 2 is 1.75 bits per heavy atom. The molecule has 2 rings (SSSR count). The minimum atomic E-state index is -0.195. The predicted molar refractivity (Wildman–Crippen MR) is 77.5 cm³/mol. The van der Waals surface area contributed by atoms with Crippen LogP contribution in [0.5, 0.6) is 5.75 Å². The molecule has 0 heterocycles. The standard InChI is InChI=1S/C16H18FNO2/c1-19-10-11-20-15-8-6-14(7-9-15)18-12-13-4-2-3-5-16(13)17/h2-9,18H,10-12H2,1H3. The summed E-state index contributed by atoms with van der Waals surface area (Å²) in [6.07, 6.45) is 0. The van der Waals surface area contributed by atoms with Gasteiger partial charge < -0.3 is 14.8 Å². The van der Waals surface area contributed by atoms with Gasteiger partial charge in [-0.2, -0.15) is 0 Å². The summed E-state index contributed by atoms with van der Waals surface area (Å²) < 4.78 is 23.8. The minimum absolute atomic E-state index is 0.195. The smallest absolute Gasteiger partial charge is 0.128 e. The van der Waals surface area contributed by atoms with Gasteiger partial charge in [-0.3, -0.25) is 0 Å². The number of hydrogen-bond acceptors (Lipinski definition) is 3. The molecular formula is C16H18FNO2. The first kappa shape index (κ1) is 14.3. The largest absolute Gasteiger partial charge is 0.491 e. The van der Waals surface area contributed by atoms with Gasteiger partial charge in [0.25, 0.3) is 0 Å². The summed E-state index contributed by atoms with van der Waals surface area (Å²) in [4.78, 5) is 0. The zero-order valence-corrected chi connectivity index (χ0v) is 11.4. The van der Waals surface area contributed by atoms with Crippen LogP contribution < -0.4 is 10.1 Å². The third kappa shape index (κ3) is 4.24. The average Bonchev–Trinajstić information content (AvgIpc) is 2.48. The maximum absolute atomic E-state index is 13.5. The second-order valence-corrected chi connectivity index (χ2v) is 4.31. The number of hydrogen-bond donors (Lipinski definition) is 1. The molecule has 0 radical (unpaired) electrons. The molecule has 3 nitrogen and oxygen atoms in total. The molecule has 2 aromatic rings. The molecule has 106 valence electrons. The molecule has 0 aliphatic carbocycles. The maximum atomic E-state index is 13.5. The molecule has 0 atom stereocenters. The molecule has 0 bridgehead atoms. The van der Waals surface area contributed by atoms with Gasteiger partial charge in [0.05, 0.1) is 6.61 Å². The zero-order valence-electron chi connectivity index (χ0n) is 11.4. The third-order valence-corrected chi connectivity index (χ3v) is 2.85.